The highest BCUT2D eigenvalue weighted by molar-refractivity contribution is 7.14. The summed E-state index contributed by atoms with van der Waals surface area (Å²) < 4.78 is 1.70. The maximum absolute atomic E-state index is 12.9. The van der Waals surface area contributed by atoms with Crippen LogP contribution >= 0.6 is 11.3 Å². The Labute approximate surface area is 160 Å². The minimum absolute atomic E-state index is 0.0498. The van der Waals surface area contributed by atoms with Crippen LogP contribution in [0.4, 0.5) is 5.69 Å². The van der Waals surface area contributed by atoms with Crippen molar-refractivity contribution < 1.29 is 9.59 Å². The Bertz CT molecular complexity index is 1020. The van der Waals surface area contributed by atoms with Crippen molar-refractivity contribution in [2.24, 2.45) is 0 Å². The number of carbonyl (C=O) groups is 2. The van der Waals surface area contributed by atoms with Crippen molar-refractivity contribution >= 4 is 28.8 Å². The van der Waals surface area contributed by atoms with Gasteiger partial charge < -0.3 is 10.2 Å². The molecule has 0 saturated carbocycles. The molecular formula is C19H19N5O2S. The number of fused-ring (bicyclic) bond motifs is 1. The van der Waals surface area contributed by atoms with Crippen molar-refractivity contribution in [1.29, 1.82) is 0 Å². The monoisotopic (exact) mass is 381 g/mol. The van der Waals surface area contributed by atoms with Gasteiger partial charge in [-0.2, -0.15) is 5.10 Å². The fraction of sp³-hybridized carbons (Fsp3) is 0.263. The third-order valence-electron chi connectivity index (χ3n) is 4.74. The first kappa shape index (κ1) is 17.4. The van der Waals surface area contributed by atoms with Crippen molar-refractivity contribution in [2.75, 3.05) is 12.4 Å². The minimum atomic E-state index is -0.638. The fourth-order valence-electron chi connectivity index (χ4n) is 3.09. The van der Waals surface area contributed by atoms with E-state index in [9.17, 15) is 9.59 Å². The van der Waals surface area contributed by atoms with E-state index in [1.807, 2.05) is 32.2 Å². The van der Waals surface area contributed by atoms with E-state index < -0.39 is 5.41 Å². The van der Waals surface area contributed by atoms with Gasteiger partial charge in [0.15, 0.2) is 0 Å². The average molecular weight is 381 g/mol. The van der Waals surface area contributed by atoms with Gasteiger partial charge in [-0.3, -0.25) is 9.59 Å². The maximum atomic E-state index is 12.9. The normalized spacial score (nSPS) is 14.7. The number of hydrogen-bond donors (Lipinski definition) is 1. The minimum Gasteiger partial charge on any atom is -0.337 e. The number of aromatic nitrogens is 3. The Morgan fingerprint density at radius 3 is 2.93 bits per heavy atom. The molecule has 27 heavy (non-hydrogen) atoms. The molecule has 0 unspecified atom stereocenters. The highest BCUT2D eigenvalue weighted by Gasteiger charge is 2.38. The lowest BCUT2D eigenvalue weighted by Gasteiger charge is -2.19. The molecule has 0 saturated heterocycles. The predicted molar refractivity (Wildman–Crippen MR) is 103 cm³/mol. The number of benzene rings is 1. The molecule has 2 amide bonds. The van der Waals surface area contributed by atoms with Gasteiger partial charge in [0.25, 0.3) is 5.91 Å². The van der Waals surface area contributed by atoms with Crippen LogP contribution in [0.2, 0.25) is 0 Å². The highest BCUT2D eigenvalue weighted by atomic mass is 32.1. The van der Waals surface area contributed by atoms with Gasteiger partial charge in [0.05, 0.1) is 12.0 Å². The third-order valence-corrected chi connectivity index (χ3v) is 5.71. The largest absolute Gasteiger partial charge is 0.337 e. The summed E-state index contributed by atoms with van der Waals surface area (Å²) in [5.74, 6) is -0.145. The molecule has 3 aromatic rings. The molecule has 1 N–H and O–H groups in total. The molecule has 0 spiro atoms. The van der Waals surface area contributed by atoms with Gasteiger partial charge in [0.2, 0.25) is 11.0 Å². The number of hydrogen-bond acceptors (Lipinski definition) is 5. The van der Waals surface area contributed by atoms with Crippen LogP contribution < -0.4 is 5.32 Å². The van der Waals surface area contributed by atoms with Crippen molar-refractivity contribution in [1.82, 2.24) is 19.7 Å². The second-order valence-corrected chi connectivity index (χ2v) is 8.15. The first-order valence-corrected chi connectivity index (χ1v) is 9.34. The molecule has 0 radical (unpaired) electrons. The number of carbonyl (C=O) groups excluding carboxylic acids is 2. The molecule has 3 heterocycles. The van der Waals surface area contributed by atoms with Crippen LogP contribution in [0, 0.1) is 0 Å². The van der Waals surface area contributed by atoms with E-state index in [-0.39, 0.29) is 11.8 Å². The number of rotatable bonds is 4. The van der Waals surface area contributed by atoms with Crippen LogP contribution in [0.1, 0.15) is 34.6 Å². The average Bonchev–Trinajstić information content (AvgIpc) is 3.36. The molecule has 138 valence electrons. The molecule has 1 aliphatic rings. The Kier molecular flexibility index (Phi) is 4.07. The number of nitrogens with zero attached hydrogens (tertiary/aromatic N) is 4. The van der Waals surface area contributed by atoms with E-state index in [0.717, 1.165) is 21.3 Å². The van der Waals surface area contributed by atoms with E-state index in [4.69, 9.17) is 0 Å². The lowest BCUT2D eigenvalue weighted by atomic mass is 9.85. The molecule has 7 nitrogen and oxygen atoms in total. The summed E-state index contributed by atoms with van der Waals surface area (Å²) in [5, 5.41) is 7.79. The van der Waals surface area contributed by atoms with Crippen molar-refractivity contribution in [3.8, 4) is 5.13 Å². The number of amides is 2. The number of anilines is 1. The molecule has 1 aromatic carbocycles. The van der Waals surface area contributed by atoms with E-state index in [0.29, 0.717) is 12.1 Å². The van der Waals surface area contributed by atoms with Gasteiger partial charge in [-0.15, -0.1) is 0 Å². The molecule has 0 fully saturated rings. The molecule has 0 bridgehead atoms. The topological polar surface area (TPSA) is 80.1 Å². The maximum Gasteiger partial charge on any atom is 0.253 e. The molecular weight excluding hydrogens is 362 g/mol. The molecule has 0 aliphatic carbocycles. The highest BCUT2D eigenvalue weighted by Crippen LogP contribution is 2.37. The van der Waals surface area contributed by atoms with Crippen LogP contribution in [0.5, 0.6) is 0 Å². The Hall–Kier alpha value is -3.00. The van der Waals surface area contributed by atoms with Crippen molar-refractivity contribution in [3.63, 3.8) is 0 Å². The van der Waals surface area contributed by atoms with E-state index in [1.54, 1.807) is 41.2 Å². The second kappa shape index (κ2) is 6.31. The van der Waals surface area contributed by atoms with Crippen molar-refractivity contribution in [3.05, 3.63) is 58.9 Å². The van der Waals surface area contributed by atoms with Gasteiger partial charge in [0.1, 0.15) is 0 Å². The first-order valence-electron chi connectivity index (χ1n) is 8.52. The van der Waals surface area contributed by atoms with Gasteiger partial charge in [0, 0.05) is 41.8 Å². The van der Waals surface area contributed by atoms with E-state index in [2.05, 4.69) is 15.4 Å². The number of nitrogens with one attached hydrogen (secondary N) is 1. The standard InChI is InChI=1S/C19H19N5O2S/c1-19(2)14-9-12(5-6-15(14)22-17(19)26)16(25)23(3)11-13-10-20-18(27-13)24-8-4-7-21-24/h4-10H,11H2,1-3H3,(H,22,26). The van der Waals surface area contributed by atoms with E-state index in [1.165, 1.54) is 11.3 Å². The van der Waals surface area contributed by atoms with Gasteiger partial charge in [-0.1, -0.05) is 11.3 Å². The summed E-state index contributed by atoms with van der Waals surface area (Å²) in [6.07, 6.45) is 5.30. The quantitative estimate of drug-likeness (QED) is 0.754. The fourth-order valence-corrected chi connectivity index (χ4v) is 3.99. The molecule has 1 aliphatic heterocycles. The van der Waals surface area contributed by atoms with Crippen LogP contribution in [0.25, 0.3) is 5.13 Å². The van der Waals surface area contributed by atoms with Crippen LogP contribution in [-0.2, 0) is 16.8 Å². The smallest absolute Gasteiger partial charge is 0.253 e. The first-order chi connectivity index (χ1) is 12.9. The SMILES string of the molecule is CN(Cc1cnc(-n2cccn2)s1)C(=O)c1ccc2c(c1)C(C)(C)C(=O)N2. The van der Waals surface area contributed by atoms with Crippen LogP contribution in [-0.4, -0.2) is 38.5 Å². The molecule has 2 aromatic heterocycles. The summed E-state index contributed by atoms with van der Waals surface area (Å²) in [6.45, 7) is 4.18. The summed E-state index contributed by atoms with van der Waals surface area (Å²) in [5.41, 5.74) is 1.55. The summed E-state index contributed by atoms with van der Waals surface area (Å²) in [6, 6.07) is 7.20. The predicted octanol–water partition coefficient (Wildman–Crippen LogP) is 2.83. The van der Waals surface area contributed by atoms with E-state index >= 15 is 0 Å². The van der Waals surface area contributed by atoms with Gasteiger partial charge >= 0.3 is 0 Å². The third kappa shape index (κ3) is 3.02. The lowest BCUT2D eigenvalue weighted by molar-refractivity contribution is -0.119. The Morgan fingerprint density at radius 1 is 1.37 bits per heavy atom. The summed E-state index contributed by atoms with van der Waals surface area (Å²) >= 11 is 1.49. The van der Waals surface area contributed by atoms with Crippen LogP contribution in [0.3, 0.4) is 0 Å². The van der Waals surface area contributed by atoms with Crippen LogP contribution in [0.15, 0.2) is 42.9 Å². The van der Waals surface area contributed by atoms with Gasteiger partial charge in [-0.25, -0.2) is 9.67 Å². The van der Waals surface area contributed by atoms with Crippen molar-refractivity contribution in [2.45, 2.75) is 25.8 Å². The summed E-state index contributed by atoms with van der Waals surface area (Å²) in [4.78, 5) is 31.9. The lowest BCUT2D eigenvalue weighted by Crippen LogP contribution is -2.28. The zero-order valence-electron chi connectivity index (χ0n) is 15.3. The Balaban J connectivity index is 1.52. The molecule has 0 atom stereocenters. The number of thiazole rings is 1. The summed E-state index contributed by atoms with van der Waals surface area (Å²) in [7, 11) is 1.76. The zero-order chi connectivity index (χ0) is 19.2. The molecule has 8 heteroatoms. The zero-order valence-corrected chi connectivity index (χ0v) is 16.1. The Morgan fingerprint density at radius 2 is 2.19 bits per heavy atom. The molecule has 4 rings (SSSR count). The second-order valence-electron chi connectivity index (χ2n) is 7.06. The van der Waals surface area contributed by atoms with Gasteiger partial charge in [-0.05, 0) is 43.7 Å².